The maximum absolute atomic E-state index is 13.4. The molecule has 0 fully saturated rings. The lowest BCUT2D eigenvalue weighted by atomic mass is 9.98. The van der Waals surface area contributed by atoms with Crippen molar-refractivity contribution >= 4 is 0 Å². The molecule has 0 saturated carbocycles. The van der Waals surface area contributed by atoms with Gasteiger partial charge in [0, 0.05) is 31.5 Å². The van der Waals surface area contributed by atoms with E-state index in [9.17, 15) is 13.2 Å². The maximum Gasteiger partial charge on any atom is 0.416 e. The third kappa shape index (κ3) is 4.38. The van der Waals surface area contributed by atoms with Gasteiger partial charge >= 0.3 is 6.18 Å². The number of aromatic nitrogens is 1. The zero-order chi connectivity index (χ0) is 21.1. The summed E-state index contributed by atoms with van der Waals surface area (Å²) in [6.45, 7) is 4.81. The van der Waals surface area contributed by atoms with Crippen LogP contribution in [0.1, 0.15) is 41.8 Å². The molecule has 0 radical (unpaired) electrons. The number of benzene rings is 2. The second-order valence-electron chi connectivity index (χ2n) is 7.56. The van der Waals surface area contributed by atoms with Crippen LogP contribution in [0.15, 0.2) is 66.9 Å². The predicted molar refractivity (Wildman–Crippen MR) is 110 cm³/mol. The number of hydrogen-bond acceptors (Lipinski definition) is 2. The number of fused-ring (bicyclic) bond motifs is 1. The summed E-state index contributed by atoms with van der Waals surface area (Å²) in [5.41, 5.74) is 2.15. The van der Waals surface area contributed by atoms with Crippen LogP contribution < -0.4 is 4.74 Å². The fraction of sp³-hybridized carbons (Fsp3) is 0.333. The van der Waals surface area contributed by atoms with E-state index in [4.69, 9.17) is 4.74 Å². The zero-order valence-corrected chi connectivity index (χ0v) is 16.9. The molecular weight excluding hydrogens is 389 g/mol. The molecule has 1 aromatic heterocycles. The second kappa shape index (κ2) is 8.56. The molecule has 0 N–H and O–H groups in total. The number of halogens is 3. The van der Waals surface area contributed by atoms with Gasteiger partial charge in [-0.15, -0.1) is 0 Å². The van der Waals surface area contributed by atoms with Gasteiger partial charge in [-0.1, -0.05) is 24.3 Å². The van der Waals surface area contributed by atoms with Crippen molar-refractivity contribution in [3.8, 4) is 5.75 Å². The average Bonchev–Trinajstić information content (AvgIpc) is 3.09. The van der Waals surface area contributed by atoms with Crippen molar-refractivity contribution in [2.45, 2.75) is 38.7 Å². The Hall–Kier alpha value is -2.73. The van der Waals surface area contributed by atoms with Crippen LogP contribution in [-0.2, 0) is 19.3 Å². The van der Waals surface area contributed by atoms with Crippen molar-refractivity contribution in [2.24, 2.45) is 0 Å². The first-order valence-electron chi connectivity index (χ1n) is 10.2. The predicted octanol–water partition coefficient (Wildman–Crippen LogP) is 5.90. The van der Waals surface area contributed by atoms with Crippen LogP contribution in [-0.4, -0.2) is 22.6 Å². The van der Waals surface area contributed by atoms with Crippen LogP contribution in [0.2, 0.25) is 0 Å². The van der Waals surface area contributed by atoms with Crippen molar-refractivity contribution in [1.29, 1.82) is 0 Å². The quantitative estimate of drug-likeness (QED) is 0.517. The molecule has 2 heterocycles. The van der Waals surface area contributed by atoms with Crippen molar-refractivity contribution in [2.75, 3.05) is 13.2 Å². The van der Waals surface area contributed by atoms with Crippen LogP contribution >= 0.6 is 0 Å². The molecule has 30 heavy (non-hydrogen) atoms. The van der Waals surface area contributed by atoms with Crippen molar-refractivity contribution in [3.63, 3.8) is 0 Å². The number of alkyl halides is 3. The molecule has 4 rings (SSSR count). The van der Waals surface area contributed by atoms with Crippen LogP contribution in [0.5, 0.6) is 5.75 Å². The third-order valence-electron chi connectivity index (χ3n) is 5.48. The summed E-state index contributed by atoms with van der Waals surface area (Å²) >= 11 is 0. The minimum Gasteiger partial charge on any atom is -0.494 e. The summed E-state index contributed by atoms with van der Waals surface area (Å²) in [5, 5.41) is 0. The first kappa shape index (κ1) is 20.5. The Morgan fingerprint density at radius 3 is 2.63 bits per heavy atom. The molecule has 6 heteroatoms. The SMILES string of the molecule is CCOc1cccc(CN2CCCn3cccc3C2c2cccc(C(F)(F)F)c2)c1. The van der Waals surface area contributed by atoms with Gasteiger partial charge < -0.3 is 9.30 Å². The standard InChI is InChI=1S/C24H25F3N2O/c1-2-30-21-10-3-7-18(15-21)17-29-14-6-13-28-12-5-11-22(28)23(29)19-8-4-9-20(16-19)24(25,26)27/h3-5,7-12,15-16,23H,2,6,13-14,17H2,1H3. The highest BCUT2D eigenvalue weighted by Gasteiger charge is 2.33. The van der Waals surface area contributed by atoms with Crippen molar-refractivity contribution in [1.82, 2.24) is 9.47 Å². The Kier molecular flexibility index (Phi) is 5.86. The average molecular weight is 414 g/mol. The van der Waals surface area contributed by atoms with Crippen LogP contribution in [0.4, 0.5) is 13.2 Å². The van der Waals surface area contributed by atoms with Gasteiger partial charge in [0.25, 0.3) is 0 Å². The zero-order valence-electron chi connectivity index (χ0n) is 16.9. The van der Waals surface area contributed by atoms with Gasteiger partial charge in [0.2, 0.25) is 0 Å². The molecule has 2 aromatic carbocycles. The highest BCUT2D eigenvalue weighted by Crippen LogP contribution is 2.36. The summed E-state index contributed by atoms with van der Waals surface area (Å²) in [6.07, 6.45) is -1.42. The molecule has 1 aliphatic rings. The molecule has 3 aromatic rings. The van der Waals surface area contributed by atoms with Crippen LogP contribution in [0, 0.1) is 0 Å². The summed E-state index contributed by atoms with van der Waals surface area (Å²) in [5.74, 6) is 0.809. The fourth-order valence-electron chi connectivity index (χ4n) is 4.21. The minimum atomic E-state index is -4.36. The van der Waals surface area contributed by atoms with E-state index in [0.717, 1.165) is 42.6 Å². The van der Waals surface area contributed by atoms with Gasteiger partial charge in [-0.05, 0) is 60.9 Å². The molecule has 0 spiro atoms. The lowest BCUT2D eigenvalue weighted by molar-refractivity contribution is -0.137. The van der Waals surface area contributed by atoms with Gasteiger partial charge in [-0.2, -0.15) is 13.2 Å². The summed E-state index contributed by atoms with van der Waals surface area (Å²) in [6, 6.07) is 17.4. The molecule has 158 valence electrons. The van der Waals surface area contributed by atoms with E-state index in [0.29, 0.717) is 18.7 Å². The lowest BCUT2D eigenvalue weighted by Crippen LogP contribution is -2.29. The van der Waals surface area contributed by atoms with Crippen molar-refractivity contribution in [3.05, 3.63) is 89.2 Å². The molecular formula is C24H25F3N2O. The second-order valence-corrected chi connectivity index (χ2v) is 7.56. The molecule has 0 saturated heterocycles. The Balaban J connectivity index is 1.73. The summed E-state index contributed by atoms with van der Waals surface area (Å²) < 4.78 is 47.9. The lowest BCUT2D eigenvalue weighted by Gasteiger charge is -2.31. The fourth-order valence-corrected chi connectivity index (χ4v) is 4.21. The van der Waals surface area contributed by atoms with E-state index >= 15 is 0 Å². The molecule has 0 bridgehead atoms. The van der Waals surface area contributed by atoms with Crippen LogP contribution in [0.3, 0.4) is 0 Å². The highest BCUT2D eigenvalue weighted by atomic mass is 19.4. The third-order valence-corrected chi connectivity index (χ3v) is 5.48. The van der Waals surface area contributed by atoms with Gasteiger partial charge in [-0.3, -0.25) is 4.90 Å². The van der Waals surface area contributed by atoms with E-state index in [2.05, 4.69) is 9.47 Å². The number of hydrogen-bond donors (Lipinski definition) is 0. The molecule has 1 unspecified atom stereocenters. The molecule has 0 aliphatic carbocycles. The smallest absolute Gasteiger partial charge is 0.416 e. The van der Waals surface area contributed by atoms with Gasteiger partial charge in [0.1, 0.15) is 5.75 Å². The first-order valence-corrected chi connectivity index (χ1v) is 10.2. The van der Waals surface area contributed by atoms with E-state index in [1.165, 1.54) is 12.1 Å². The van der Waals surface area contributed by atoms with E-state index in [1.807, 2.05) is 49.5 Å². The number of nitrogens with zero attached hydrogens (tertiary/aromatic N) is 2. The minimum absolute atomic E-state index is 0.249. The van der Waals surface area contributed by atoms with Gasteiger partial charge in [0.05, 0.1) is 18.2 Å². The molecule has 3 nitrogen and oxygen atoms in total. The van der Waals surface area contributed by atoms with Crippen LogP contribution in [0.25, 0.3) is 0 Å². The van der Waals surface area contributed by atoms with E-state index < -0.39 is 11.7 Å². The van der Waals surface area contributed by atoms with E-state index in [-0.39, 0.29) is 6.04 Å². The topological polar surface area (TPSA) is 17.4 Å². The monoisotopic (exact) mass is 414 g/mol. The van der Waals surface area contributed by atoms with E-state index in [1.54, 1.807) is 6.07 Å². The number of aryl methyl sites for hydroxylation is 1. The Bertz CT molecular complexity index is 996. The largest absolute Gasteiger partial charge is 0.494 e. The molecule has 0 amide bonds. The Morgan fingerprint density at radius 2 is 1.83 bits per heavy atom. The van der Waals surface area contributed by atoms with Crippen molar-refractivity contribution < 1.29 is 17.9 Å². The first-order chi connectivity index (χ1) is 14.5. The van der Waals surface area contributed by atoms with Gasteiger partial charge in [0.15, 0.2) is 0 Å². The normalized spacial score (nSPS) is 17.4. The Morgan fingerprint density at radius 1 is 1.00 bits per heavy atom. The molecule has 1 atom stereocenters. The summed E-state index contributed by atoms with van der Waals surface area (Å²) in [7, 11) is 0. The molecule has 1 aliphatic heterocycles. The number of ether oxygens (including phenoxy) is 1. The Labute approximate surface area is 174 Å². The summed E-state index contributed by atoms with van der Waals surface area (Å²) in [4.78, 5) is 2.26. The highest BCUT2D eigenvalue weighted by molar-refractivity contribution is 5.35. The number of rotatable bonds is 5. The maximum atomic E-state index is 13.4. The van der Waals surface area contributed by atoms with Gasteiger partial charge in [-0.25, -0.2) is 0 Å².